The number of aliphatic imine (C=N–C) groups is 1. The van der Waals surface area contributed by atoms with Crippen LogP contribution in [-0.2, 0) is 0 Å². The number of aliphatic hydroxyl groups is 1. The lowest BCUT2D eigenvalue weighted by Gasteiger charge is -1.99. The average molecular weight is 128 g/mol. The maximum Gasteiger partial charge on any atom is 0.0936 e. The predicted molar refractivity (Wildman–Crippen MR) is 36.6 cm³/mol. The minimum atomic E-state index is 0.239. The van der Waals surface area contributed by atoms with Crippen LogP contribution in [0.4, 0.5) is 0 Å². The molecule has 0 aliphatic carbocycles. The summed E-state index contributed by atoms with van der Waals surface area (Å²) in [7, 11) is 0. The summed E-state index contributed by atoms with van der Waals surface area (Å²) in [6, 6.07) is 0.315. The van der Waals surface area contributed by atoms with Crippen LogP contribution in [0.5, 0.6) is 0 Å². The molecule has 3 heteroatoms. The van der Waals surface area contributed by atoms with Crippen LogP contribution < -0.4 is 5.32 Å². The molecule has 1 rings (SSSR count). The molecule has 0 bridgehead atoms. The zero-order chi connectivity index (χ0) is 6.69. The number of aliphatic hydroxyl groups excluding tert-OH is 1. The summed E-state index contributed by atoms with van der Waals surface area (Å²) >= 11 is 0. The van der Waals surface area contributed by atoms with Crippen molar-refractivity contribution in [1.29, 1.82) is 0 Å². The van der Waals surface area contributed by atoms with Crippen molar-refractivity contribution in [3.05, 3.63) is 0 Å². The van der Waals surface area contributed by atoms with Crippen LogP contribution in [0.15, 0.2) is 4.99 Å². The normalized spacial score (nSPS) is 25.6. The maximum absolute atomic E-state index is 8.52. The Hall–Kier alpha value is -0.570. The van der Waals surface area contributed by atoms with Gasteiger partial charge in [0.15, 0.2) is 0 Å². The molecular weight excluding hydrogens is 116 g/mol. The van der Waals surface area contributed by atoms with E-state index >= 15 is 0 Å². The first-order valence-electron chi connectivity index (χ1n) is 3.22. The van der Waals surface area contributed by atoms with E-state index < -0.39 is 0 Å². The van der Waals surface area contributed by atoms with Crippen molar-refractivity contribution in [2.45, 2.75) is 19.4 Å². The van der Waals surface area contributed by atoms with E-state index in [2.05, 4.69) is 10.3 Å². The number of amidine groups is 1. The van der Waals surface area contributed by atoms with Crippen molar-refractivity contribution in [3.8, 4) is 0 Å². The van der Waals surface area contributed by atoms with E-state index in [9.17, 15) is 0 Å². The Balaban J connectivity index is 2.29. The van der Waals surface area contributed by atoms with Crippen molar-refractivity contribution < 1.29 is 5.11 Å². The number of nitrogens with zero attached hydrogens (tertiary/aromatic N) is 1. The van der Waals surface area contributed by atoms with Crippen molar-refractivity contribution >= 4 is 5.84 Å². The van der Waals surface area contributed by atoms with Gasteiger partial charge >= 0.3 is 0 Å². The molecular formula is C6H12N2O. The lowest BCUT2D eigenvalue weighted by Crippen LogP contribution is -2.19. The summed E-state index contributed by atoms with van der Waals surface area (Å²) in [4.78, 5) is 4.22. The molecule has 0 amide bonds. The highest BCUT2D eigenvalue weighted by Gasteiger charge is 2.11. The Kier molecular flexibility index (Phi) is 2.05. The van der Waals surface area contributed by atoms with Gasteiger partial charge in [-0.3, -0.25) is 4.99 Å². The van der Waals surface area contributed by atoms with Crippen LogP contribution in [-0.4, -0.2) is 30.1 Å². The second-order valence-corrected chi connectivity index (χ2v) is 2.26. The summed E-state index contributed by atoms with van der Waals surface area (Å²) in [5, 5.41) is 11.6. The van der Waals surface area contributed by atoms with Crippen molar-refractivity contribution in [1.82, 2.24) is 5.32 Å². The molecule has 0 aromatic heterocycles. The number of hydrogen-bond donors (Lipinski definition) is 2. The van der Waals surface area contributed by atoms with Gasteiger partial charge in [-0.05, 0) is 13.3 Å². The molecule has 0 radical (unpaired) electrons. The summed E-state index contributed by atoms with van der Waals surface area (Å²) in [6.45, 7) is 3.08. The second kappa shape index (κ2) is 2.82. The zero-order valence-corrected chi connectivity index (χ0v) is 5.59. The molecule has 0 fully saturated rings. The third-order valence-corrected chi connectivity index (χ3v) is 1.43. The molecule has 0 aromatic rings. The predicted octanol–water partition coefficient (Wildman–Crippen LogP) is -0.241. The molecule has 0 saturated carbocycles. The van der Waals surface area contributed by atoms with Crippen molar-refractivity contribution in [3.63, 3.8) is 0 Å². The largest absolute Gasteiger partial charge is 0.396 e. The monoisotopic (exact) mass is 128 g/mol. The highest BCUT2D eigenvalue weighted by molar-refractivity contribution is 5.81. The van der Waals surface area contributed by atoms with Crippen LogP contribution >= 0.6 is 0 Å². The lowest BCUT2D eigenvalue weighted by molar-refractivity contribution is 0.278. The summed E-state index contributed by atoms with van der Waals surface area (Å²) < 4.78 is 0. The Morgan fingerprint density at radius 3 is 3.11 bits per heavy atom. The molecule has 1 heterocycles. The van der Waals surface area contributed by atoms with Gasteiger partial charge in [-0.15, -0.1) is 0 Å². The SMILES string of the molecule is CC1=NC(CCO)CN1. The van der Waals surface area contributed by atoms with Gasteiger partial charge < -0.3 is 10.4 Å². The fourth-order valence-corrected chi connectivity index (χ4v) is 0.946. The average Bonchev–Trinajstić information content (AvgIpc) is 2.17. The summed E-state index contributed by atoms with van der Waals surface area (Å²) in [6.07, 6.45) is 0.782. The molecule has 9 heavy (non-hydrogen) atoms. The van der Waals surface area contributed by atoms with Crippen molar-refractivity contribution in [2.24, 2.45) is 4.99 Å². The van der Waals surface area contributed by atoms with Crippen LogP contribution in [0, 0.1) is 0 Å². The Morgan fingerprint density at radius 1 is 1.89 bits per heavy atom. The number of hydrogen-bond acceptors (Lipinski definition) is 3. The third kappa shape index (κ3) is 1.68. The Bertz CT molecular complexity index is 122. The first kappa shape index (κ1) is 6.55. The molecule has 0 spiro atoms. The van der Waals surface area contributed by atoms with Gasteiger partial charge in [-0.1, -0.05) is 0 Å². The van der Waals surface area contributed by atoms with E-state index in [4.69, 9.17) is 5.11 Å². The molecule has 0 aromatic carbocycles. The summed E-state index contributed by atoms with van der Waals surface area (Å²) in [5.41, 5.74) is 0. The smallest absolute Gasteiger partial charge is 0.0936 e. The third-order valence-electron chi connectivity index (χ3n) is 1.43. The number of rotatable bonds is 2. The Morgan fingerprint density at radius 2 is 2.67 bits per heavy atom. The van der Waals surface area contributed by atoms with Gasteiger partial charge in [-0.2, -0.15) is 0 Å². The van der Waals surface area contributed by atoms with E-state index in [0.717, 1.165) is 18.8 Å². The Labute approximate surface area is 54.8 Å². The van der Waals surface area contributed by atoms with Gasteiger partial charge in [-0.25, -0.2) is 0 Å². The van der Waals surface area contributed by atoms with Gasteiger partial charge in [0, 0.05) is 13.2 Å². The molecule has 52 valence electrons. The van der Waals surface area contributed by atoms with E-state index in [1.807, 2.05) is 6.92 Å². The molecule has 1 unspecified atom stereocenters. The molecule has 0 saturated heterocycles. The molecule has 1 aliphatic heterocycles. The standard InChI is InChI=1S/C6H12N2O/c1-5-7-4-6(8-5)2-3-9/h6,9H,2-4H2,1H3,(H,7,8). The van der Waals surface area contributed by atoms with Crippen LogP contribution in [0.1, 0.15) is 13.3 Å². The quantitative estimate of drug-likeness (QED) is 0.539. The fraction of sp³-hybridized carbons (Fsp3) is 0.833. The molecule has 3 nitrogen and oxygen atoms in total. The van der Waals surface area contributed by atoms with Crippen LogP contribution in [0.3, 0.4) is 0 Å². The van der Waals surface area contributed by atoms with E-state index in [0.29, 0.717) is 6.04 Å². The minimum Gasteiger partial charge on any atom is -0.396 e. The zero-order valence-electron chi connectivity index (χ0n) is 5.59. The first-order chi connectivity index (χ1) is 4.33. The topological polar surface area (TPSA) is 44.6 Å². The molecule has 2 N–H and O–H groups in total. The summed E-state index contributed by atoms with van der Waals surface area (Å²) in [5.74, 6) is 0.994. The van der Waals surface area contributed by atoms with E-state index in [1.54, 1.807) is 0 Å². The van der Waals surface area contributed by atoms with Gasteiger partial charge in [0.1, 0.15) is 0 Å². The van der Waals surface area contributed by atoms with Crippen LogP contribution in [0.25, 0.3) is 0 Å². The maximum atomic E-state index is 8.52. The highest BCUT2D eigenvalue weighted by Crippen LogP contribution is 2.01. The minimum absolute atomic E-state index is 0.239. The van der Waals surface area contributed by atoms with Crippen molar-refractivity contribution in [2.75, 3.05) is 13.2 Å². The second-order valence-electron chi connectivity index (χ2n) is 2.26. The van der Waals surface area contributed by atoms with E-state index in [-0.39, 0.29) is 6.61 Å². The van der Waals surface area contributed by atoms with Gasteiger partial charge in [0.2, 0.25) is 0 Å². The first-order valence-corrected chi connectivity index (χ1v) is 3.22. The van der Waals surface area contributed by atoms with Crippen LogP contribution in [0.2, 0.25) is 0 Å². The highest BCUT2D eigenvalue weighted by atomic mass is 16.3. The number of nitrogens with one attached hydrogen (secondary N) is 1. The van der Waals surface area contributed by atoms with Gasteiger partial charge in [0.25, 0.3) is 0 Å². The molecule has 1 aliphatic rings. The lowest BCUT2D eigenvalue weighted by atomic mass is 10.2. The fourth-order valence-electron chi connectivity index (χ4n) is 0.946. The van der Waals surface area contributed by atoms with E-state index in [1.165, 1.54) is 0 Å². The van der Waals surface area contributed by atoms with Gasteiger partial charge in [0.05, 0.1) is 11.9 Å². The molecule has 1 atom stereocenters.